The summed E-state index contributed by atoms with van der Waals surface area (Å²) in [6.07, 6.45) is 5.03. The van der Waals surface area contributed by atoms with Crippen LogP contribution in [0.15, 0.2) is 42.5 Å². The van der Waals surface area contributed by atoms with Crippen molar-refractivity contribution in [3.8, 4) is 0 Å². The second kappa shape index (κ2) is 8.65. The molecule has 2 unspecified atom stereocenters. The third-order valence-corrected chi connectivity index (χ3v) is 7.84. The minimum Gasteiger partial charge on any atom is -0.390 e. The molecule has 2 aromatic rings. The van der Waals surface area contributed by atoms with Crippen molar-refractivity contribution in [1.29, 1.82) is 0 Å². The largest absolute Gasteiger partial charge is 0.390 e. The van der Waals surface area contributed by atoms with E-state index < -0.39 is 17.2 Å². The van der Waals surface area contributed by atoms with Gasteiger partial charge in [-0.05, 0) is 86.1 Å². The van der Waals surface area contributed by atoms with Gasteiger partial charge in [-0.1, -0.05) is 18.2 Å². The Morgan fingerprint density at radius 3 is 2.48 bits per heavy atom. The first kappa shape index (κ1) is 22.2. The molecule has 5 nitrogen and oxygen atoms in total. The summed E-state index contributed by atoms with van der Waals surface area (Å²) in [4.78, 5) is 26.2. The number of nitrogens with one attached hydrogen (secondary N) is 1. The number of benzene rings is 2. The Labute approximate surface area is 193 Å². The number of halogens is 1. The highest BCUT2D eigenvalue weighted by molar-refractivity contribution is 6.10. The van der Waals surface area contributed by atoms with Gasteiger partial charge >= 0.3 is 0 Å². The molecular weight excluding hydrogens is 421 g/mol. The number of rotatable bonds is 7. The van der Waals surface area contributed by atoms with Gasteiger partial charge in [-0.3, -0.25) is 9.59 Å². The van der Waals surface area contributed by atoms with E-state index in [2.05, 4.69) is 5.32 Å². The predicted octanol–water partition coefficient (Wildman–Crippen LogP) is 3.92. The van der Waals surface area contributed by atoms with Crippen LogP contribution in [-0.4, -0.2) is 42.2 Å². The van der Waals surface area contributed by atoms with E-state index in [1.165, 1.54) is 12.1 Å². The van der Waals surface area contributed by atoms with E-state index in [1.807, 2.05) is 0 Å². The molecule has 0 saturated heterocycles. The molecule has 2 N–H and O–H groups in total. The highest BCUT2D eigenvalue weighted by Gasteiger charge is 2.55. The molecular formula is C27H30FNO4. The molecule has 4 aliphatic carbocycles. The lowest BCUT2D eigenvalue weighted by molar-refractivity contribution is -0.136. The van der Waals surface area contributed by atoms with Gasteiger partial charge < -0.3 is 15.2 Å². The van der Waals surface area contributed by atoms with Gasteiger partial charge in [0.15, 0.2) is 5.78 Å². The molecule has 0 spiro atoms. The quantitative estimate of drug-likeness (QED) is 0.626. The van der Waals surface area contributed by atoms with Crippen LogP contribution in [0.25, 0.3) is 0 Å². The summed E-state index contributed by atoms with van der Waals surface area (Å²) in [5.41, 5.74) is 1.04. The van der Waals surface area contributed by atoms with Crippen molar-refractivity contribution in [2.24, 2.45) is 17.8 Å². The smallest absolute Gasteiger partial charge is 0.251 e. The minimum atomic E-state index is -0.564. The first-order chi connectivity index (χ1) is 15.9. The standard InChI is InChI=1S/C27H30FNO4/c1-33-9-8-17-12-18(25(30)22-4-2-3-5-23(22)28)6-7-21(17)26(31)29-24-19-10-16-11-20(24)15-27(32,13-16)14-19/h2-7,12,16,19-20,24,32H,8-11,13-15H2,1H3,(H,29,31). The zero-order valence-corrected chi connectivity index (χ0v) is 18.9. The molecule has 0 radical (unpaired) electrons. The van der Waals surface area contributed by atoms with Crippen molar-refractivity contribution in [3.63, 3.8) is 0 Å². The van der Waals surface area contributed by atoms with E-state index in [0.717, 1.165) is 32.1 Å². The lowest BCUT2D eigenvalue weighted by Crippen LogP contribution is -2.61. The van der Waals surface area contributed by atoms with Crippen LogP contribution in [0, 0.1) is 23.6 Å². The molecule has 4 aliphatic rings. The monoisotopic (exact) mass is 451 g/mol. The summed E-state index contributed by atoms with van der Waals surface area (Å²) in [5, 5.41) is 14.1. The highest BCUT2D eigenvalue weighted by Crippen LogP contribution is 2.55. The first-order valence-corrected chi connectivity index (χ1v) is 11.8. The van der Waals surface area contributed by atoms with E-state index in [1.54, 1.807) is 37.4 Å². The van der Waals surface area contributed by atoms with Crippen molar-refractivity contribution >= 4 is 11.7 Å². The van der Waals surface area contributed by atoms with Gasteiger partial charge in [0.1, 0.15) is 5.82 Å². The molecule has 6 heteroatoms. The summed E-state index contributed by atoms with van der Waals surface area (Å²) in [6, 6.07) is 10.9. The SMILES string of the molecule is COCCc1cc(C(=O)c2ccccc2F)ccc1C(=O)NC1C2CC3CC1CC(O)(C3)C2. The number of ether oxygens (including phenoxy) is 1. The van der Waals surface area contributed by atoms with E-state index in [9.17, 15) is 19.1 Å². The number of carbonyl (C=O) groups is 2. The third kappa shape index (κ3) is 4.22. The Bertz CT molecular complexity index is 1070. The second-order valence-corrected chi connectivity index (χ2v) is 10.1. The molecule has 2 aromatic carbocycles. The Morgan fingerprint density at radius 1 is 1.09 bits per heavy atom. The fourth-order valence-corrected chi connectivity index (χ4v) is 6.62. The molecule has 1 amide bonds. The molecule has 4 saturated carbocycles. The predicted molar refractivity (Wildman–Crippen MR) is 122 cm³/mol. The van der Waals surface area contributed by atoms with Gasteiger partial charge in [-0.25, -0.2) is 4.39 Å². The fourth-order valence-electron chi connectivity index (χ4n) is 6.62. The van der Waals surface area contributed by atoms with E-state index in [-0.39, 0.29) is 17.5 Å². The van der Waals surface area contributed by atoms with Crippen molar-refractivity contribution in [3.05, 3.63) is 70.5 Å². The Morgan fingerprint density at radius 2 is 1.82 bits per heavy atom. The van der Waals surface area contributed by atoms with E-state index >= 15 is 0 Å². The molecule has 0 aromatic heterocycles. The summed E-state index contributed by atoms with van der Waals surface area (Å²) in [6.45, 7) is 0.404. The molecule has 33 heavy (non-hydrogen) atoms. The van der Waals surface area contributed by atoms with Crippen LogP contribution in [0.4, 0.5) is 4.39 Å². The number of amides is 1. The van der Waals surface area contributed by atoms with Gasteiger partial charge in [0.05, 0.1) is 17.8 Å². The summed E-state index contributed by atoms with van der Waals surface area (Å²) < 4.78 is 19.4. The lowest BCUT2D eigenvalue weighted by Gasteiger charge is -2.58. The van der Waals surface area contributed by atoms with Crippen LogP contribution in [0.1, 0.15) is 63.9 Å². The maximum atomic E-state index is 14.1. The van der Waals surface area contributed by atoms with E-state index in [4.69, 9.17) is 4.74 Å². The molecule has 0 aliphatic heterocycles. The molecule has 174 valence electrons. The van der Waals surface area contributed by atoms with E-state index in [0.29, 0.717) is 47.5 Å². The van der Waals surface area contributed by atoms with Crippen molar-refractivity contribution in [1.82, 2.24) is 5.32 Å². The van der Waals surface area contributed by atoms with Crippen LogP contribution in [-0.2, 0) is 11.2 Å². The summed E-state index contributed by atoms with van der Waals surface area (Å²) >= 11 is 0. The van der Waals surface area contributed by atoms with Crippen LogP contribution in [0.5, 0.6) is 0 Å². The Kier molecular flexibility index (Phi) is 5.83. The van der Waals surface area contributed by atoms with Gasteiger partial charge in [-0.2, -0.15) is 0 Å². The molecule has 6 rings (SSSR count). The van der Waals surface area contributed by atoms with Crippen LogP contribution >= 0.6 is 0 Å². The third-order valence-electron chi connectivity index (χ3n) is 7.84. The number of hydrogen-bond donors (Lipinski definition) is 2. The molecule has 0 heterocycles. The lowest BCUT2D eigenvalue weighted by atomic mass is 9.52. The maximum Gasteiger partial charge on any atom is 0.251 e. The van der Waals surface area contributed by atoms with Gasteiger partial charge in [0.2, 0.25) is 0 Å². The van der Waals surface area contributed by atoms with Crippen molar-refractivity contribution in [2.45, 2.75) is 50.2 Å². The minimum absolute atomic E-state index is 0.0129. The zero-order chi connectivity index (χ0) is 23.2. The fraction of sp³-hybridized carbons (Fsp3) is 0.481. The van der Waals surface area contributed by atoms with Gasteiger partial charge in [0.25, 0.3) is 5.91 Å². The number of methoxy groups -OCH3 is 1. The maximum absolute atomic E-state index is 14.1. The molecule has 2 atom stereocenters. The highest BCUT2D eigenvalue weighted by atomic mass is 19.1. The second-order valence-electron chi connectivity index (χ2n) is 10.1. The van der Waals surface area contributed by atoms with Crippen LogP contribution in [0.3, 0.4) is 0 Å². The number of carbonyl (C=O) groups excluding carboxylic acids is 2. The summed E-state index contributed by atoms with van der Waals surface area (Å²) in [7, 11) is 1.59. The Balaban J connectivity index is 1.39. The average molecular weight is 452 g/mol. The van der Waals surface area contributed by atoms with Crippen LogP contribution in [0.2, 0.25) is 0 Å². The average Bonchev–Trinajstić information content (AvgIpc) is 2.78. The van der Waals surface area contributed by atoms with Gasteiger partial charge in [-0.15, -0.1) is 0 Å². The number of aliphatic hydroxyl groups is 1. The van der Waals surface area contributed by atoms with Crippen molar-refractivity contribution in [2.75, 3.05) is 13.7 Å². The van der Waals surface area contributed by atoms with Crippen LogP contribution < -0.4 is 5.32 Å². The number of hydrogen-bond acceptors (Lipinski definition) is 4. The van der Waals surface area contributed by atoms with Crippen molar-refractivity contribution < 1.29 is 23.8 Å². The number of ketones is 1. The first-order valence-electron chi connectivity index (χ1n) is 11.8. The zero-order valence-electron chi connectivity index (χ0n) is 18.9. The Hall–Kier alpha value is -2.57. The molecule has 4 bridgehead atoms. The topological polar surface area (TPSA) is 75.6 Å². The normalized spacial score (nSPS) is 29.8. The molecule has 4 fully saturated rings. The van der Waals surface area contributed by atoms with Gasteiger partial charge in [0, 0.05) is 24.3 Å². The summed E-state index contributed by atoms with van der Waals surface area (Å²) in [5.74, 6) is 0.0698.